The molecule has 154 valence electrons. The highest BCUT2D eigenvalue weighted by molar-refractivity contribution is 5.17. The molecule has 8 atom stereocenters. The van der Waals surface area contributed by atoms with Crippen molar-refractivity contribution in [3.63, 3.8) is 0 Å². The molecule has 4 aliphatic rings. The minimum Gasteiger partial charge on any atom is -0.0846 e. The molecule has 0 amide bonds. The molecule has 0 aromatic heterocycles. The Kier molecular flexibility index (Phi) is 5.59. The van der Waals surface area contributed by atoms with Gasteiger partial charge in [0.15, 0.2) is 0 Å². The average Bonchev–Trinajstić information content (AvgIpc) is 2.98. The maximum absolute atomic E-state index is 2.75. The van der Waals surface area contributed by atoms with E-state index in [9.17, 15) is 0 Å². The third-order valence-electron chi connectivity index (χ3n) is 10.3. The van der Waals surface area contributed by atoms with Crippen LogP contribution in [0.25, 0.3) is 0 Å². The molecule has 1 unspecified atom stereocenters. The molecule has 0 radical (unpaired) electrons. The third kappa shape index (κ3) is 3.36. The highest BCUT2D eigenvalue weighted by Crippen LogP contribution is 2.67. The molecule has 0 bridgehead atoms. The lowest BCUT2D eigenvalue weighted by Crippen LogP contribution is -2.51. The van der Waals surface area contributed by atoms with Crippen molar-refractivity contribution in [3.05, 3.63) is 12.2 Å². The summed E-state index contributed by atoms with van der Waals surface area (Å²) >= 11 is 0. The smallest absolute Gasteiger partial charge is 0.0166 e. The van der Waals surface area contributed by atoms with Gasteiger partial charge in [0.1, 0.15) is 0 Å². The van der Waals surface area contributed by atoms with E-state index >= 15 is 0 Å². The van der Waals surface area contributed by atoms with Crippen molar-refractivity contribution in [2.75, 3.05) is 0 Å². The number of hydrogen-bond acceptors (Lipinski definition) is 0. The van der Waals surface area contributed by atoms with E-state index in [0.717, 1.165) is 41.4 Å². The van der Waals surface area contributed by atoms with Crippen LogP contribution in [0.15, 0.2) is 12.2 Å². The first kappa shape index (κ1) is 20.0. The summed E-state index contributed by atoms with van der Waals surface area (Å²) in [6, 6.07) is 0. The molecule has 3 fully saturated rings. The van der Waals surface area contributed by atoms with Gasteiger partial charge in [0, 0.05) is 0 Å². The van der Waals surface area contributed by atoms with Crippen molar-refractivity contribution in [3.8, 4) is 0 Å². The quantitative estimate of drug-likeness (QED) is 0.427. The number of fused-ring (bicyclic) bond motifs is 5. The van der Waals surface area contributed by atoms with Crippen LogP contribution in [0.3, 0.4) is 0 Å². The summed E-state index contributed by atoms with van der Waals surface area (Å²) in [4.78, 5) is 0. The van der Waals surface area contributed by atoms with Gasteiger partial charge in [-0.3, -0.25) is 0 Å². The fourth-order valence-electron chi connectivity index (χ4n) is 8.68. The fraction of sp³-hybridized carbons (Fsp3) is 0.926. The Morgan fingerprint density at radius 1 is 0.815 bits per heavy atom. The molecule has 0 aromatic rings. The summed E-state index contributed by atoms with van der Waals surface area (Å²) in [7, 11) is 0. The van der Waals surface area contributed by atoms with Crippen LogP contribution in [0.2, 0.25) is 0 Å². The van der Waals surface area contributed by atoms with Gasteiger partial charge in [-0.05, 0) is 90.8 Å². The normalized spacial score (nSPS) is 47.4. The van der Waals surface area contributed by atoms with Crippen LogP contribution in [0, 0.1) is 52.3 Å². The molecule has 0 N–H and O–H groups in total. The largest absolute Gasteiger partial charge is 0.0846 e. The van der Waals surface area contributed by atoms with E-state index in [4.69, 9.17) is 0 Å². The Hall–Kier alpha value is -0.260. The van der Waals surface area contributed by atoms with Crippen molar-refractivity contribution in [2.24, 2.45) is 52.3 Å². The standard InChI is InChI=1S/C27H46/c1-19(2)9-8-10-20(3)23-14-15-24-22-13-12-21-11-6-7-17-26(21,4)25(22)16-18-27(23,24)5/h12-13,19-25H,6-11,14-18H2,1-5H3/t20-,21?,22+,23-,24+,25+,26+,27-/m1/s1. The van der Waals surface area contributed by atoms with Gasteiger partial charge in [-0.2, -0.15) is 0 Å². The molecule has 27 heavy (non-hydrogen) atoms. The van der Waals surface area contributed by atoms with E-state index in [1.807, 2.05) is 0 Å². The molecule has 0 heteroatoms. The van der Waals surface area contributed by atoms with Gasteiger partial charge in [0.25, 0.3) is 0 Å². The van der Waals surface area contributed by atoms with Gasteiger partial charge >= 0.3 is 0 Å². The summed E-state index contributed by atoms with van der Waals surface area (Å²) in [6.45, 7) is 12.8. The van der Waals surface area contributed by atoms with Crippen molar-refractivity contribution in [1.82, 2.24) is 0 Å². The first-order chi connectivity index (χ1) is 12.9. The van der Waals surface area contributed by atoms with E-state index in [1.165, 1.54) is 70.6 Å². The van der Waals surface area contributed by atoms with E-state index in [0.29, 0.717) is 10.8 Å². The van der Waals surface area contributed by atoms with Crippen LogP contribution in [0.1, 0.15) is 105 Å². The van der Waals surface area contributed by atoms with Gasteiger partial charge in [0.2, 0.25) is 0 Å². The second-order valence-corrected chi connectivity index (χ2v) is 12.1. The van der Waals surface area contributed by atoms with E-state index in [2.05, 4.69) is 46.8 Å². The molecule has 0 nitrogen and oxygen atoms in total. The highest BCUT2D eigenvalue weighted by atomic mass is 14.6. The first-order valence-corrected chi connectivity index (χ1v) is 12.5. The minimum atomic E-state index is 0.625. The zero-order valence-corrected chi connectivity index (χ0v) is 19.0. The zero-order chi connectivity index (χ0) is 19.2. The Labute approximate surface area is 170 Å². The van der Waals surface area contributed by atoms with Gasteiger partial charge < -0.3 is 0 Å². The summed E-state index contributed by atoms with van der Waals surface area (Å²) < 4.78 is 0. The van der Waals surface area contributed by atoms with Crippen molar-refractivity contribution in [2.45, 2.75) is 105 Å². The predicted octanol–water partition coefficient (Wildman–Crippen LogP) is 8.27. The van der Waals surface area contributed by atoms with Gasteiger partial charge in [0.05, 0.1) is 0 Å². The lowest BCUT2D eigenvalue weighted by atomic mass is 9.46. The average molecular weight is 371 g/mol. The van der Waals surface area contributed by atoms with Crippen molar-refractivity contribution >= 4 is 0 Å². The van der Waals surface area contributed by atoms with Crippen LogP contribution in [-0.2, 0) is 0 Å². The van der Waals surface area contributed by atoms with Gasteiger partial charge in [-0.25, -0.2) is 0 Å². The molecule has 0 spiro atoms. The molecule has 0 heterocycles. The molecule has 4 rings (SSSR count). The second-order valence-electron chi connectivity index (χ2n) is 12.1. The van der Waals surface area contributed by atoms with Gasteiger partial charge in [-0.1, -0.05) is 78.9 Å². The van der Waals surface area contributed by atoms with Crippen LogP contribution in [-0.4, -0.2) is 0 Å². The van der Waals surface area contributed by atoms with E-state index in [1.54, 1.807) is 0 Å². The Morgan fingerprint density at radius 3 is 2.37 bits per heavy atom. The van der Waals surface area contributed by atoms with Crippen molar-refractivity contribution in [1.29, 1.82) is 0 Å². The summed E-state index contributed by atoms with van der Waals surface area (Å²) in [5.41, 5.74) is 1.25. The Morgan fingerprint density at radius 2 is 1.59 bits per heavy atom. The minimum absolute atomic E-state index is 0.625. The highest BCUT2D eigenvalue weighted by Gasteiger charge is 2.58. The summed E-state index contributed by atoms with van der Waals surface area (Å²) in [6.07, 6.45) is 21.8. The third-order valence-corrected chi connectivity index (χ3v) is 10.3. The van der Waals surface area contributed by atoms with Crippen LogP contribution < -0.4 is 0 Å². The Bertz CT molecular complexity index is 544. The zero-order valence-electron chi connectivity index (χ0n) is 19.0. The number of rotatable bonds is 5. The molecule has 0 aliphatic heterocycles. The van der Waals surface area contributed by atoms with Gasteiger partial charge in [-0.15, -0.1) is 0 Å². The second kappa shape index (κ2) is 7.53. The molecule has 3 saturated carbocycles. The fourth-order valence-corrected chi connectivity index (χ4v) is 8.68. The number of allylic oxidation sites excluding steroid dienone is 2. The lowest BCUT2D eigenvalue weighted by Gasteiger charge is -2.58. The van der Waals surface area contributed by atoms with E-state index < -0.39 is 0 Å². The maximum Gasteiger partial charge on any atom is -0.0166 e. The lowest BCUT2D eigenvalue weighted by molar-refractivity contribution is -0.0644. The van der Waals surface area contributed by atoms with E-state index in [-0.39, 0.29) is 0 Å². The van der Waals surface area contributed by atoms with Crippen LogP contribution in [0.4, 0.5) is 0 Å². The van der Waals surface area contributed by atoms with Crippen LogP contribution >= 0.6 is 0 Å². The topological polar surface area (TPSA) is 0 Å². The summed E-state index contributed by atoms with van der Waals surface area (Å²) in [5, 5.41) is 0. The monoisotopic (exact) mass is 370 g/mol. The molecule has 0 aromatic carbocycles. The molecular weight excluding hydrogens is 324 g/mol. The molecule has 0 saturated heterocycles. The molecule has 4 aliphatic carbocycles. The SMILES string of the molecule is CC(C)CCC[C@@H](C)[C@H]1CC[C@H]2[C@@H]3C=CC4CCCC[C@]4(C)[C@H]3CC[C@]12C. The van der Waals surface area contributed by atoms with Crippen LogP contribution in [0.5, 0.6) is 0 Å². The number of hydrogen-bond donors (Lipinski definition) is 0. The molecular formula is C27H46. The van der Waals surface area contributed by atoms with Crippen molar-refractivity contribution < 1.29 is 0 Å². The maximum atomic E-state index is 2.75. The first-order valence-electron chi connectivity index (χ1n) is 12.5. The predicted molar refractivity (Wildman–Crippen MR) is 118 cm³/mol. The summed E-state index contributed by atoms with van der Waals surface area (Å²) in [5.74, 6) is 6.54. The Balaban J connectivity index is 1.49.